The number of rotatable bonds is 6. The maximum Gasteiger partial charge on any atom is 0.146 e. The summed E-state index contributed by atoms with van der Waals surface area (Å²) in [7, 11) is 0.827. The summed E-state index contributed by atoms with van der Waals surface area (Å²) in [6.45, 7) is 3.04. The minimum absolute atomic E-state index is 0.800. The lowest BCUT2D eigenvalue weighted by Gasteiger charge is -2.08. The fourth-order valence-corrected chi connectivity index (χ4v) is 1.97. The first kappa shape index (κ1) is 11.5. The Balaban J connectivity index is 2.55. The van der Waals surface area contributed by atoms with E-state index in [2.05, 4.69) is 31.2 Å². The van der Waals surface area contributed by atoms with Gasteiger partial charge in [0.15, 0.2) is 0 Å². The van der Waals surface area contributed by atoms with Crippen molar-refractivity contribution in [3.8, 4) is 0 Å². The van der Waals surface area contributed by atoms with Crippen LogP contribution in [0.15, 0.2) is 24.3 Å². The van der Waals surface area contributed by atoms with E-state index in [-0.39, 0.29) is 0 Å². The van der Waals surface area contributed by atoms with Crippen molar-refractivity contribution >= 4 is 10.5 Å². The molecule has 0 aliphatic rings. The molecule has 0 radical (unpaired) electrons. The van der Waals surface area contributed by atoms with Crippen molar-refractivity contribution in [2.24, 2.45) is 0 Å². The zero-order valence-corrected chi connectivity index (χ0v) is 11.3. The number of hydrogen-bond donors (Lipinski definition) is 0. The molecule has 1 nitrogen and oxygen atoms in total. The number of hydrogen-bond acceptors (Lipinski definition) is 1. The molecular formula is C12H20OSi. The third kappa shape index (κ3) is 3.64. The van der Waals surface area contributed by atoms with Crippen LogP contribution in [0.5, 0.6) is 0 Å². The highest BCUT2D eigenvalue weighted by atomic mass is 28.2. The van der Waals surface area contributed by atoms with Crippen LogP contribution in [0.25, 0.3) is 0 Å². The van der Waals surface area contributed by atoms with Crippen molar-refractivity contribution in [2.45, 2.75) is 39.2 Å². The number of unbranched alkanes of at least 4 members (excludes halogenated alkanes) is 2. The van der Waals surface area contributed by atoms with Gasteiger partial charge < -0.3 is 4.43 Å². The van der Waals surface area contributed by atoms with Gasteiger partial charge in [-0.3, -0.25) is 0 Å². The predicted molar refractivity (Wildman–Crippen MR) is 64.4 cm³/mol. The van der Waals surface area contributed by atoms with Gasteiger partial charge in [0, 0.05) is 0 Å². The molecule has 0 fully saturated rings. The lowest BCUT2D eigenvalue weighted by Crippen LogP contribution is -1.96. The van der Waals surface area contributed by atoms with E-state index in [0.717, 1.165) is 17.1 Å². The molecule has 1 aromatic carbocycles. The summed E-state index contributed by atoms with van der Waals surface area (Å²) < 4.78 is 5.31. The Morgan fingerprint density at radius 3 is 2.50 bits per heavy atom. The molecule has 78 valence electrons. The van der Waals surface area contributed by atoms with Crippen LogP contribution in [0.4, 0.5) is 0 Å². The highest BCUT2D eigenvalue weighted by molar-refractivity contribution is 5.97. The van der Waals surface area contributed by atoms with E-state index in [4.69, 9.17) is 4.43 Å². The third-order valence-electron chi connectivity index (χ3n) is 2.47. The Hall–Kier alpha value is -0.603. The molecule has 1 aromatic rings. The molecule has 0 bridgehead atoms. The summed E-state index contributed by atoms with van der Waals surface area (Å²) in [6.07, 6.45) is 5.12. The first-order valence-electron chi connectivity index (χ1n) is 5.44. The van der Waals surface area contributed by atoms with Gasteiger partial charge in [-0.2, -0.15) is 0 Å². The summed E-state index contributed by atoms with van der Waals surface area (Å²) in [5.41, 5.74) is 2.84. The summed E-state index contributed by atoms with van der Waals surface area (Å²) in [4.78, 5) is 0. The molecule has 0 atom stereocenters. The molecule has 0 N–H and O–H groups in total. The molecule has 0 amide bonds. The Morgan fingerprint density at radius 1 is 1.14 bits per heavy atom. The number of benzene rings is 1. The van der Waals surface area contributed by atoms with Gasteiger partial charge in [-0.15, -0.1) is 0 Å². The normalized spacial score (nSPS) is 10.6. The van der Waals surface area contributed by atoms with Gasteiger partial charge in [0.05, 0.1) is 6.61 Å². The fraction of sp³-hybridized carbons (Fsp3) is 0.500. The van der Waals surface area contributed by atoms with E-state index in [0.29, 0.717) is 0 Å². The monoisotopic (exact) mass is 208 g/mol. The average molecular weight is 208 g/mol. The average Bonchev–Trinajstić information content (AvgIpc) is 2.21. The standard InChI is InChI=1S/C12H20OSi/c1-2-3-4-7-11-8-5-6-9-12(11)10-13-14/h5-6,8-9H,2-4,7,10H2,1,14H3. The fourth-order valence-electron chi connectivity index (χ4n) is 1.66. The van der Waals surface area contributed by atoms with Crippen molar-refractivity contribution in [1.82, 2.24) is 0 Å². The first-order valence-corrected chi connectivity index (χ1v) is 6.25. The van der Waals surface area contributed by atoms with Crippen molar-refractivity contribution in [3.05, 3.63) is 35.4 Å². The van der Waals surface area contributed by atoms with Crippen LogP contribution in [-0.4, -0.2) is 10.5 Å². The highest BCUT2D eigenvalue weighted by Crippen LogP contribution is 2.13. The van der Waals surface area contributed by atoms with Gasteiger partial charge in [-0.1, -0.05) is 44.0 Å². The largest absolute Gasteiger partial charge is 0.424 e. The van der Waals surface area contributed by atoms with Crippen LogP contribution in [0.2, 0.25) is 0 Å². The molecule has 0 aromatic heterocycles. The molecule has 0 unspecified atom stereocenters. The van der Waals surface area contributed by atoms with Gasteiger partial charge in [-0.25, -0.2) is 0 Å². The Bertz CT molecular complexity index is 260. The van der Waals surface area contributed by atoms with Crippen molar-refractivity contribution < 1.29 is 4.43 Å². The summed E-state index contributed by atoms with van der Waals surface area (Å²) in [5.74, 6) is 0. The Kier molecular flexibility index (Phi) is 5.57. The second kappa shape index (κ2) is 6.79. The van der Waals surface area contributed by atoms with Crippen LogP contribution in [0.1, 0.15) is 37.3 Å². The van der Waals surface area contributed by atoms with Gasteiger partial charge in [0.25, 0.3) is 0 Å². The molecule has 0 aliphatic heterocycles. The predicted octanol–water partition coefficient (Wildman–Crippen LogP) is 2.22. The molecule has 0 aliphatic carbocycles. The quantitative estimate of drug-likeness (QED) is 0.514. The second-order valence-corrected chi connectivity index (χ2v) is 4.24. The minimum Gasteiger partial charge on any atom is -0.424 e. The molecule has 14 heavy (non-hydrogen) atoms. The van der Waals surface area contributed by atoms with Crippen LogP contribution in [0.3, 0.4) is 0 Å². The molecule has 0 spiro atoms. The van der Waals surface area contributed by atoms with E-state index in [1.807, 2.05) is 0 Å². The lowest BCUT2D eigenvalue weighted by atomic mass is 10.0. The van der Waals surface area contributed by atoms with Crippen LogP contribution in [-0.2, 0) is 17.5 Å². The van der Waals surface area contributed by atoms with E-state index >= 15 is 0 Å². The van der Waals surface area contributed by atoms with E-state index < -0.39 is 0 Å². The van der Waals surface area contributed by atoms with E-state index in [1.165, 1.54) is 36.8 Å². The zero-order chi connectivity index (χ0) is 10.2. The summed E-state index contributed by atoms with van der Waals surface area (Å²) in [6, 6.07) is 8.63. The summed E-state index contributed by atoms with van der Waals surface area (Å²) >= 11 is 0. The molecule has 0 saturated carbocycles. The van der Waals surface area contributed by atoms with Crippen LogP contribution >= 0.6 is 0 Å². The van der Waals surface area contributed by atoms with Gasteiger partial charge >= 0.3 is 0 Å². The second-order valence-electron chi connectivity index (χ2n) is 3.66. The molecule has 0 heterocycles. The van der Waals surface area contributed by atoms with Crippen LogP contribution in [0, 0.1) is 0 Å². The Morgan fingerprint density at radius 2 is 1.86 bits per heavy atom. The summed E-state index contributed by atoms with van der Waals surface area (Å²) in [5, 5.41) is 0. The topological polar surface area (TPSA) is 9.23 Å². The van der Waals surface area contributed by atoms with Crippen LogP contribution < -0.4 is 0 Å². The van der Waals surface area contributed by atoms with Gasteiger partial charge in [0.2, 0.25) is 0 Å². The Labute approximate surface area is 90.0 Å². The van der Waals surface area contributed by atoms with Gasteiger partial charge in [0.1, 0.15) is 10.5 Å². The van der Waals surface area contributed by atoms with Crippen molar-refractivity contribution in [2.75, 3.05) is 0 Å². The first-order chi connectivity index (χ1) is 6.88. The van der Waals surface area contributed by atoms with Crippen molar-refractivity contribution in [1.29, 1.82) is 0 Å². The SMILES string of the molecule is CCCCCc1ccccc1CO[SiH3]. The molecular weight excluding hydrogens is 188 g/mol. The third-order valence-corrected chi connectivity index (χ3v) is 2.76. The molecule has 1 rings (SSSR count). The van der Waals surface area contributed by atoms with E-state index in [9.17, 15) is 0 Å². The maximum atomic E-state index is 5.31. The highest BCUT2D eigenvalue weighted by Gasteiger charge is 1.99. The van der Waals surface area contributed by atoms with E-state index in [1.54, 1.807) is 0 Å². The lowest BCUT2D eigenvalue weighted by molar-refractivity contribution is 0.337. The minimum atomic E-state index is 0.800. The van der Waals surface area contributed by atoms with Gasteiger partial charge in [-0.05, 0) is 24.0 Å². The van der Waals surface area contributed by atoms with Crippen molar-refractivity contribution in [3.63, 3.8) is 0 Å². The molecule has 2 heteroatoms. The molecule has 0 saturated heterocycles. The number of aryl methyl sites for hydroxylation is 1. The zero-order valence-electron chi connectivity index (χ0n) is 9.25. The maximum absolute atomic E-state index is 5.31. The smallest absolute Gasteiger partial charge is 0.146 e.